The van der Waals surface area contributed by atoms with Gasteiger partial charge in [-0.25, -0.2) is 13.8 Å². The Morgan fingerprint density at radius 3 is 2.18 bits per heavy atom. The monoisotopic (exact) mass is 340 g/mol. The van der Waals surface area contributed by atoms with Gasteiger partial charge in [0, 0.05) is 43.1 Å². The molecular weight excluding hydrogens is 320 g/mol. The summed E-state index contributed by atoms with van der Waals surface area (Å²) in [6.07, 6.45) is -3.62. The summed E-state index contributed by atoms with van der Waals surface area (Å²) in [5, 5.41) is 0.755. The van der Waals surface area contributed by atoms with Gasteiger partial charge in [0.05, 0.1) is 6.54 Å². The zero-order valence-corrected chi connectivity index (χ0v) is 13.6. The molecule has 1 aromatic heterocycles. The van der Waals surface area contributed by atoms with Crippen molar-refractivity contribution in [2.45, 2.75) is 38.5 Å². The molecule has 4 nitrogen and oxygen atoms in total. The van der Waals surface area contributed by atoms with Crippen LogP contribution in [0, 0.1) is 0 Å². The van der Waals surface area contributed by atoms with Crippen LogP contribution in [0.15, 0.2) is 0 Å². The Labute approximate surface area is 131 Å². The Morgan fingerprint density at radius 2 is 1.73 bits per heavy atom. The molecule has 9 heteroatoms. The van der Waals surface area contributed by atoms with Crippen molar-refractivity contribution >= 4 is 16.7 Å². The van der Waals surface area contributed by atoms with Gasteiger partial charge >= 0.3 is 12.3 Å². The van der Waals surface area contributed by atoms with Crippen LogP contribution in [0.4, 0.5) is 22.7 Å². The molecule has 1 aliphatic heterocycles. The van der Waals surface area contributed by atoms with Crippen LogP contribution < -0.4 is 4.90 Å². The molecule has 2 rings (SSSR count). The van der Waals surface area contributed by atoms with Crippen LogP contribution in [0.1, 0.15) is 26.6 Å². The molecule has 1 fully saturated rings. The molecule has 1 aliphatic rings. The molecule has 0 spiro atoms. The fourth-order valence-electron chi connectivity index (χ4n) is 2.11. The van der Waals surface area contributed by atoms with E-state index in [4.69, 9.17) is 0 Å². The summed E-state index contributed by atoms with van der Waals surface area (Å²) in [6.45, 7) is 6.74. The van der Waals surface area contributed by atoms with Crippen molar-refractivity contribution in [2.24, 2.45) is 0 Å². The number of aromatic nitrogens is 2. The van der Waals surface area contributed by atoms with Gasteiger partial charge in [0.1, 0.15) is 5.82 Å². The fraction of sp³-hybridized carbons (Fsp3) is 0.846. The first-order valence-corrected chi connectivity index (χ1v) is 7.84. The Bertz CT molecular complexity index is 492. The lowest BCUT2D eigenvalue weighted by Crippen LogP contribution is -2.51. The molecule has 0 radical (unpaired) electrons. The summed E-state index contributed by atoms with van der Waals surface area (Å²) in [4.78, 5) is 7.81. The van der Waals surface area contributed by atoms with E-state index in [0.29, 0.717) is 26.2 Å². The molecule has 0 aliphatic carbocycles. The predicted octanol–water partition coefficient (Wildman–Crippen LogP) is 2.86. The lowest BCUT2D eigenvalue weighted by Gasteiger charge is -2.35. The molecular formula is C13H20F4N4S. The number of rotatable bonds is 4. The third kappa shape index (κ3) is 4.07. The second-order valence-electron chi connectivity index (χ2n) is 6.48. The topological polar surface area (TPSA) is 32.3 Å². The minimum absolute atomic E-state index is 0.143. The summed E-state index contributed by atoms with van der Waals surface area (Å²) in [5.74, 6) is -3.20. The summed E-state index contributed by atoms with van der Waals surface area (Å²) >= 11 is 1.28. The number of alkyl halides is 4. The third-order valence-electron chi connectivity index (χ3n) is 3.48. The average molecular weight is 340 g/mol. The van der Waals surface area contributed by atoms with Gasteiger partial charge in [0.25, 0.3) is 0 Å². The number of hydrogen-bond acceptors (Lipinski definition) is 5. The highest BCUT2D eigenvalue weighted by Gasteiger charge is 2.42. The van der Waals surface area contributed by atoms with Crippen molar-refractivity contribution in [3.63, 3.8) is 0 Å². The van der Waals surface area contributed by atoms with Crippen LogP contribution >= 0.6 is 11.5 Å². The van der Waals surface area contributed by atoms with Crippen LogP contribution in [0.25, 0.3) is 0 Å². The van der Waals surface area contributed by atoms with E-state index in [1.807, 2.05) is 25.7 Å². The molecule has 0 amide bonds. The molecule has 126 valence electrons. The van der Waals surface area contributed by atoms with E-state index in [1.165, 1.54) is 16.4 Å². The molecule has 1 saturated heterocycles. The maximum atomic E-state index is 13.1. The van der Waals surface area contributed by atoms with E-state index in [1.54, 1.807) is 0 Å². The number of halogens is 4. The Hall–Kier alpha value is -0.960. The van der Waals surface area contributed by atoms with Crippen molar-refractivity contribution in [3.8, 4) is 0 Å². The highest BCUT2D eigenvalue weighted by molar-refractivity contribution is 7.09. The molecule has 0 aromatic carbocycles. The largest absolute Gasteiger partial charge is 0.344 e. The molecule has 0 unspecified atom stereocenters. The summed E-state index contributed by atoms with van der Waals surface area (Å²) < 4.78 is 54.9. The van der Waals surface area contributed by atoms with Gasteiger partial charge in [-0.05, 0) is 0 Å². The standard InChI is InChI=1S/C13H20F4N4S/c1-12(2,3)10-18-11(22-19-10)21-6-4-20(5-7-21)8-13(16,17)9(14)15/h9H,4-8H2,1-3H3. The van der Waals surface area contributed by atoms with Crippen LogP contribution in [0.2, 0.25) is 0 Å². The summed E-state index contributed by atoms with van der Waals surface area (Å²) in [5.41, 5.74) is -0.143. The molecule has 0 atom stereocenters. The highest BCUT2D eigenvalue weighted by Crippen LogP contribution is 2.27. The lowest BCUT2D eigenvalue weighted by molar-refractivity contribution is -0.142. The summed E-state index contributed by atoms with van der Waals surface area (Å²) in [7, 11) is 0. The smallest absolute Gasteiger partial charge is 0.319 e. The van der Waals surface area contributed by atoms with Crippen molar-refractivity contribution < 1.29 is 17.6 Å². The Kier molecular flexibility index (Phi) is 4.96. The van der Waals surface area contributed by atoms with Crippen LogP contribution in [-0.4, -0.2) is 59.3 Å². The van der Waals surface area contributed by atoms with Crippen LogP contribution in [0.3, 0.4) is 0 Å². The van der Waals surface area contributed by atoms with Gasteiger partial charge in [-0.1, -0.05) is 20.8 Å². The van der Waals surface area contributed by atoms with Gasteiger partial charge in [-0.3, -0.25) is 4.90 Å². The molecule has 22 heavy (non-hydrogen) atoms. The minimum Gasteiger partial charge on any atom is -0.344 e. The predicted molar refractivity (Wildman–Crippen MR) is 78.2 cm³/mol. The number of hydrogen-bond donors (Lipinski definition) is 0. The van der Waals surface area contributed by atoms with E-state index in [-0.39, 0.29) is 5.41 Å². The lowest BCUT2D eigenvalue weighted by atomic mass is 9.96. The number of nitrogens with zero attached hydrogens (tertiary/aromatic N) is 4. The van der Waals surface area contributed by atoms with Crippen molar-refractivity contribution in [1.29, 1.82) is 0 Å². The van der Waals surface area contributed by atoms with E-state index < -0.39 is 18.9 Å². The fourth-order valence-corrected chi connectivity index (χ4v) is 3.02. The molecule has 2 heterocycles. The Balaban J connectivity index is 1.91. The molecule has 1 aromatic rings. The second kappa shape index (κ2) is 6.27. The van der Waals surface area contributed by atoms with Gasteiger partial charge in [0.2, 0.25) is 5.13 Å². The van der Waals surface area contributed by atoms with Crippen molar-refractivity contribution in [1.82, 2.24) is 14.3 Å². The third-order valence-corrected chi connectivity index (χ3v) is 4.26. The second-order valence-corrected chi connectivity index (χ2v) is 7.21. The molecule has 0 N–H and O–H groups in total. The molecule has 0 saturated carbocycles. The number of piperazine rings is 1. The van der Waals surface area contributed by atoms with Crippen LogP contribution in [-0.2, 0) is 5.41 Å². The first-order valence-electron chi connectivity index (χ1n) is 7.07. The Morgan fingerprint density at radius 1 is 1.14 bits per heavy atom. The average Bonchev–Trinajstić information content (AvgIpc) is 2.88. The van der Waals surface area contributed by atoms with E-state index in [0.717, 1.165) is 11.0 Å². The zero-order chi connectivity index (χ0) is 16.5. The van der Waals surface area contributed by atoms with Crippen molar-refractivity contribution in [3.05, 3.63) is 5.82 Å². The first-order chi connectivity index (χ1) is 10.1. The number of anilines is 1. The quantitative estimate of drug-likeness (QED) is 0.789. The van der Waals surface area contributed by atoms with E-state index in [9.17, 15) is 17.6 Å². The first kappa shape index (κ1) is 17.4. The van der Waals surface area contributed by atoms with Crippen LogP contribution in [0.5, 0.6) is 0 Å². The SMILES string of the molecule is CC(C)(C)c1nsc(N2CCN(CC(F)(F)C(F)F)CC2)n1. The minimum atomic E-state index is -3.95. The van der Waals surface area contributed by atoms with Gasteiger partial charge < -0.3 is 4.90 Å². The van der Waals surface area contributed by atoms with Gasteiger partial charge in [-0.15, -0.1) is 0 Å². The van der Waals surface area contributed by atoms with E-state index >= 15 is 0 Å². The van der Waals surface area contributed by atoms with E-state index in [2.05, 4.69) is 9.36 Å². The molecule has 0 bridgehead atoms. The normalized spacial score (nSPS) is 18.3. The van der Waals surface area contributed by atoms with Gasteiger partial charge in [-0.2, -0.15) is 13.2 Å². The zero-order valence-electron chi connectivity index (χ0n) is 12.8. The summed E-state index contributed by atoms with van der Waals surface area (Å²) in [6, 6.07) is 0. The maximum Gasteiger partial charge on any atom is 0.319 e. The highest BCUT2D eigenvalue weighted by atomic mass is 32.1. The maximum absolute atomic E-state index is 13.1. The van der Waals surface area contributed by atoms with Gasteiger partial charge in [0.15, 0.2) is 0 Å². The van der Waals surface area contributed by atoms with Crippen molar-refractivity contribution in [2.75, 3.05) is 37.6 Å².